The summed E-state index contributed by atoms with van der Waals surface area (Å²) < 4.78 is 2.18. The van der Waals surface area contributed by atoms with Gasteiger partial charge in [0.1, 0.15) is 0 Å². The van der Waals surface area contributed by atoms with Crippen LogP contribution in [-0.4, -0.2) is 14.1 Å². The van der Waals surface area contributed by atoms with Crippen LogP contribution in [0.25, 0.3) is 12.3 Å². The van der Waals surface area contributed by atoms with E-state index in [4.69, 9.17) is 0 Å². The van der Waals surface area contributed by atoms with Crippen LogP contribution in [0.5, 0.6) is 0 Å². The summed E-state index contributed by atoms with van der Waals surface area (Å²) in [7, 11) is 4.14. The van der Waals surface area contributed by atoms with E-state index in [1.165, 1.54) is 16.9 Å². The van der Waals surface area contributed by atoms with E-state index >= 15 is 0 Å². The molecule has 0 aliphatic heterocycles. The lowest BCUT2D eigenvalue weighted by molar-refractivity contribution is -0.576. The summed E-state index contributed by atoms with van der Waals surface area (Å²) in [6.07, 6.45) is 7.39. The Kier molecular flexibility index (Phi) is 4.35. The third-order valence-corrected chi connectivity index (χ3v) is 3.16. The van der Waals surface area contributed by atoms with Crippen LogP contribution in [0.15, 0.2) is 48.7 Å². The Balaban J connectivity index is 2.28. The van der Waals surface area contributed by atoms with Gasteiger partial charge in [0, 0.05) is 44.4 Å². The molecule has 0 atom stereocenters. The smallest absolute Gasteiger partial charge is 0.188 e. The number of hydrogen-bond donors (Lipinski definition) is 0. The van der Waals surface area contributed by atoms with Crippen LogP contribution in [0.1, 0.15) is 18.2 Å². The molecular formula is C17H21N2+. The Morgan fingerprint density at radius 2 is 1.84 bits per heavy atom. The summed E-state index contributed by atoms with van der Waals surface area (Å²) in [5.74, 6) is 0. The van der Waals surface area contributed by atoms with Gasteiger partial charge < -0.3 is 4.90 Å². The van der Waals surface area contributed by atoms with Gasteiger partial charge in [0.05, 0.1) is 0 Å². The van der Waals surface area contributed by atoms with Crippen LogP contribution in [0.4, 0.5) is 5.69 Å². The molecule has 0 amide bonds. The summed E-state index contributed by atoms with van der Waals surface area (Å²) in [4.78, 5) is 2.13. The van der Waals surface area contributed by atoms with Crippen LogP contribution in [-0.2, 0) is 6.42 Å². The van der Waals surface area contributed by atoms with Gasteiger partial charge in [-0.25, -0.2) is 0 Å². The Bertz CT molecular complexity index is 557. The molecule has 98 valence electrons. The summed E-state index contributed by atoms with van der Waals surface area (Å²) in [6, 6.07) is 14.7. The quantitative estimate of drug-likeness (QED) is 0.759. The van der Waals surface area contributed by atoms with Gasteiger partial charge in [-0.2, -0.15) is 4.57 Å². The third kappa shape index (κ3) is 3.44. The molecule has 0 bridgehead atoms. The van der Waals surface area contributed by atoms with Gasteiger partial charge in [0.2, 0.25) is 0 Å². The number of nitrogens with zero attached hydrogens (tertiary/aromatic N) is 2. The highest BCUT2D eigenvalue weighted by Gasteiger charge is 2.08. The first-order valence-electron chi connectivity index (χ1n) is 6.65. The van der Waals surface area contributed by atoms with Crippen molar-refractivity contribution in [1.82, 2.24) is 0 Å². The van der Waals surface area contributed by atoms with Crippen LogP contribution in [0, 0.1) is 0 Å². The van der Waals surface area contributed by atoms with E-state index in [9.17, 15) is 0 Å². The molecular weight excluding hydrogens is 232 g/mol. The minimum atomic E-state index is 1.01. The van der Waals surface area contributed by atoms with Crippen molar-refractivity contribution in [2.75, 3.05) is 19.0 Å². The lowest BCUT2D eigenvalue weighted by Crippen LogP contribution is -2.31. The second kappa shape index (κ2) is 6.19. The minimum absolute atomic E-state index is 1.01. The molecule has 1 aromatic heterocycles. The van der Waals surface area contributed by atoms with Crippen LogP contribution in [0.3, 0.4) is 0 Å². The van der Waals surface area contributed by atoms with Crippen molar-refractivity contribution in [2.24, 2.45) is 0 Å². The Hall–Kier alpha value is -2.09. The van der Waals surface area contributed by atoms with Crippen molar-refractivity contribution in [3.8, 4) is 0 Å². The van der Waals surface area contributed by atoms with Crippen molar-refractivity contribution >= 4 is 18.0 Å². The summed E-state index contributed by atoms with van der Waals surface area (Å²) in [5, 5.41) is 0. The predicted molar refractivity (Wildman–Crippen MR) is 82.0 cm³/mol. The molecule has 2 rings (SSSR count). The van der Waals surface area contributed by atoms with E-state index in [0.717, 1.165) is 6.42 Å². The standard InChI is InChI=1S/C17H21N2/c1-4-16-14-17(18(2)3)11-13-19(16)12-10-15-8-6-5-7-9-15/h5-14H,4H2,1-3H3/q+1. The average molecular weight is 253 g/mol. The van der Waals surface area contributed by atoms with Crippen molar-refractivity contribution in [3.63, 3.8) is 0 Å². The number of hydrogen-bond acceptors (Lipinski definition) is 1. The molecule has 0 saturated heterocycles. The van der Waals surface area contributed by atoms with Gasteiger partial charge in [0.15, 0.2) is 18.1 Å². The number of pyridine rings is 1. The highest BCUT2D eigenvalue weighted by atomic mass is 15.1. The topological polar surface area (TPSA) is 7.12 Å². The van der Waals surface area contributed by atoms with Crippen LogP contribution in [0.2, 0.25) is 0 Å². The Morgan fingerprint density at radius 3 is 2.47 bits per heavy atom. The maximum atomic E-state index is 2.23. The predicted octanol–water partition coefficient (Wildman–Crippen LogP) is 3.23. The molecule has 0 saturated carbocycles. The van der Waals surface area contributed by atoms with Gasteiger partial charge in [-0.05, 0) is 5.56 Å². The van der Waals surface area contributed by atoms with Gasteiger partial charge in [-0.1, -0.05) is 37.3 Å². The van der Waals surface area contributed by atoms with Crippen molar-refractivity contribution in [1.29, 1.82) is 0 Å². The van der Waals surface area contributed by atoms with Gasteiger partial charge >= 0.3 is 0 Å². The Morgan fingerprint density at radius 1 is 1.11 bits per heavy atom. The fourth-order valence-corrected chi connectivity index (χ4v) is 1.98. The first-order chi connectivity index (χ1) is 9.20. The summed E-state index contributed by atoms with van der Waals surface area (Å²) >= 11 is 0. The van der Waals surface area contributed by atoms with Gasteiger partial charge in [-0.3, -0.25) is 0 Å². The van der Waals surface area contributed by atoms with Gasteiger partial charge in [-0.15, -0.1) is 0 Å². The number of benzene rings is 1. The number of anilines is 1. The first-order valence-corrected chi connectivity index (χ1v) is 6.65. The molecule has 1 aromatic carbocycles. The molecule has 2 nitrogen and oxygen atoms in total. The highest BCUT2D eigenvalue weighted by Crippen LogP contribution is 2.11. The summed E-state index contributed by atoms with van der Waals surface area (Å²) in [6.45, 7) is 2.18. The van der Waals surface area contributed by atoms with E-state index in [-0.39, 0.29) is 0 Å². The molecule has 2 aromatic rings. The molecule has 0 spiro atoms. The monoisotopic (exact) mass is 253 g/mol. The van der Waals surface area contributed by atoms with Crippen molar-refractivity contribution < 1.29 is 4.57 Å². The zero-order chi connectivity index (χ0) is 13.7. The van der Waals surface area contributed by atoms with Gasteiger partial charge in [0.25, 0.3) is 0 Å². The van der Waals surface area contributed by atoms with Crippen LogP contribution >= 0.6 is 0 Å². The molecule has 2 heteroatoms. The molecule has 0 fully saturated rings. The fraction of sp³-hybridized carbons (Fsp3) is 0.235. The van der Waals surface area contributed by atoms with Crippen LogP contribution < -0.4 is 9.47 Å². The van der Waals surface area contributed by atoms with Crippen molar-refractivity contribution in [3.05, 3.63) is 59.9 Å². The maximum absolute atomic E-state index is 2.23. The molecule has 1 heterocycles. The average Bonchev–Trinajstić information content (AvgIpc) is 2.45. The lowest BCUT2D eigenvalue weighted by Gasteiger charge is -2.11. The van der Waals surface area contributed by atoms with Crippen molar-refractivity contribution in [2.45, 2.75) is 13.3 Å². The summed E-state index contributed by atoms with van der Waals surface area (Å²) in [5.41, 5.74) is 3.76. The molecule has 0 aliphatic rings. The molecule has 19 heavy (non-hydrogen) atoms. The normalized spacial score (nSPS) is 10.9. The fourth-order valence-electron chi connectivity index (χ4n) is 1.98. The second-order valence-electron chi connectivity index (χ2n) is 4.76. The lowest BCUT2D eigenvalue weighted by atomic mass is 10.2. The number of aryl methyl sites for hydroxylation is 1. The van der Waals surface area contributed by atoms with E-state index < -0.39 is 0 Å². The van der Waals surface area contributed by atoms with E-state index in [1.54, 1.807) is 0 Å². The Labute approximate surface area is 115 Å². The molecule has 0 N–H and O–H groups in total. The zero-order valence-corrected chi connectivity index (χ0v) is 11.9. The molecule has 0 aliphatic carbocycles. The third-order valence-electron chi connectivity index (χ3n) is 3.16. The first kappa shape index (κ1) is 13.3. The number of aromatic nitrogens is 1. The highest BCUT2D eigenvalue weighted by molar-refractivity contribution is 5.56. The largest absolute Gasteiger partial charge is 0.377 e. The second-order valence-corrected chi connectivity index (χ2v) is 4.76. The van der Waals surface area contributed by atoms with E-state index in [0.29, 0.717) is 0 Å². The number of rotatable bonds is 4. The SMILES string of the molecule is CCc1cc(N(C)C)cc[n+]1C=Cc1ccccc1. The van der Waals surface area contributed by atoms with E-state index in [1.807, 2.05) is 6.07 Å². The molecule has 0 radical (unpaired) electrons. The zero-order valence-electron chi connectivity index (χ0n) is 11.9. The van der Waals surface area contributed by atoms with E-state index in [2.05, 4.69) is 85.4 Å². The molecule has 0 unspecified atom stereocenters. The minimum Gasteiger partial charge on any atom is -0.377 e. The maximum Gasteiger partial charge on any atom is 0.188 e.